The minimum atomic E-state index is -4.01. The Bertz CT molecular complexity index is 2300. The number of morpholine rings is 1. The maximum atomic E-state index is 12.4. The van der Waals surface area contributed by atoms with Gasteiger partial charge in [-0.2, -0.15) is 26.3 Å². The van der Waals surface area contributed by atoms with Crippen LogP contribution < -0.4 is 5.32 Å². The molecule has 20 heteroatoms. The second-order valence-electron chi connectivity index (χ2n) is 47.3. The molecule has 0 aromatic rings. The summed E-state index contributed by atoms with van der Waals surface area (Å²) in [4.78, 5) is 30.0. The molecule has 768 valence electrons. The van der Waals surface area contributed by atoms with E-state index in [0.717, 1.165) is 86.9 Å². The van der Waals surface area contributed by atoms with Crippen LogP contribution in [0, 0.1) is 63.1 Å². The quantitative estimate of drug-likeness (QED) is 0.125. The number of alkyl halides is 6. The van der Waals surface area contributed by atoms with Crippen LogP contribution in [0.4, 0.5) is 26.3 Å². The van der Waals surface area contributed by atoms with Crippen molar-refractivity contribution in [3.05, 3.63) is 0 Å². The summed E-state index contributed by atoms with van der Waals surface area (Å²) >= 11 is 0. The maximum absolute atomic E-state index is 12.4. The van der Waals surface area contributed by atoms with Crippen molar-refractivity contribution in [3.8, 4) is 0 Å². The molecular weight excluding hydrogens is 1600 g/mol. The lowest BCUT2D eigenvalue weighted by Gasteiger charge is -2.38. The molecule has 0 aromatic heterocycles. The van der Waals surface area contributed by atoms with E-state index < -0.39 is 28.6 Å². The maximum Gasteiger partial charge on any atom is 0.395 e. The van der Waals surface area contributed by atoms with Crippen LogP contribution in [0.5, 0.6) is 0 Å². The Morgan fingerprint density at radius 3 is 0.795 bits per heavy atom. The Kier molecular flexibility index (Phi) is 71.5. The second-order valence-corrected chi connectivity index (χ2v) is 47.3. The standard InChI is InChI=1S/C9H15F3.C9H20N2.4C9H19N.C8H13F3.C8H18N2.C8H17N.C8H19N.C7H15NO.C7H15N.C6H15N.CH4/c1-7(2,3)6-8(4-5-8)9(10,11)12;1-9(2)8-11-6-4-10(3)5-7-11;1-9(2,3)10-7-5-4-6-8-10;3*1-9(2)8-10-6-4-3-5-7-10;1-6(2,3)7(4-5-7)8(9,10)11;1-8(2,3)10-6-4-9-5-7-10;1-8(2)7-9-5-3-4-6-9;1-5-9(6-2)7-8(3)4;1-7(2)8-3-5-9-6-4-8;1-7(2)8-5-3-4-6-8;1-6(2)5-7(3)4;/h4-6H2,1-3H3;9H,4-8H2,1-3H3;4-8H2,1-3H3;3*9H,3-8H2,1-2H3;4-5H2,1-3H3;9H,4-7H2,1-3H3;8H,3-7H2,1-2H3;8H,5-7H2,1-4H3;7H,3-6H2,1-2H3;7H,3-6H2,1-2H3;6H,5H2,1-4H3;1H4. The van der Waals surface area contributed by atoms with Crippen molar-refractivity contribution < 1.29 is 31.1 Å². The van der Waals surface area contributed by atoms with Gasteiger partial charge >= 0.3 is 12.4 Å². The first-order chi connectivity index (χ1) is 58.4. The molecule has 9 aliphatic heterocycles. The fourth-order valence-electron chi connectivity index (χ4n) is 18.3. The van der Waals surface area contributed by atoms with Crippen molar-refractivity contribution in [1.82, 2.24) is 64.1 Å². The summed E-state index contributed by atoms with van der Waals surface area (Å²) in [6, 6.07) is 1.46. The van der Waals surface area contributed by atoms with E-state index in [1.165, 1.54) is 279 Å². The van der Waals surface area contributed by atoms with Gasteiger partial charge in [-0.15, -0.1) is 0 Å². The third kappa shape index (κ3) is 68.6. The van der Waals surface area contributed by atoms with Crippen molar-refractivity contribution in [2.75, 3.05) is 237 Å². The largest absolute Gasteiger partial charge is 0.395 e. The molecule has 0 amide bonds. The average molecular weight is 1830 g/mol. The molecule has 0 atom stereocenters. The van der Waals surface area contributed by atoms with E-state index in [4.69, 9.17) is 4.74 Å². The number of rotatable bonds is 19. The Hall–Kier alpha value is -0.980. The molecule has 0 spiro atoms. The van der Waals surface area contributed by atoms with Gasteiger partial charge in [0.1, 0.15) is 0 Å². The van der Waals surface area contributed by atoms with Crippen LogP contribution in [0.3, 0.4) is 0 Å². The lowest BCUT2D eigenvalue weighted by Crippen LogP contribution is -2.51. The van der Waals surface area contributed by atoms with Gasteiger partial charge in [0.05, 0.1) is 24.0 Å². The number of likely N-dealkylation sites (tertiary alicyclic amines) is 6. The normalized spacial score (nSPS) is 21.0. The third-order valence-corrected chi connectivity index (χ3v) is 25.6. The highest BCUT2D eigenvalue weighted by Gasteiger charge is 2.68. The molecular formula is C107H227F6N13O. The smallest absolute Gasteiger partial charge is 0.379 e. The van der Waals surface area contributed by atoms with Crippen LogP contribution in [-0.2, 0) is 4.74 Å². The van der Waals surface area contributed by atoms with Gasteiger partial charge in [0, 0.05) is 128 Å². The average Bonchev–Trinajstić information content (AvgIpc) is 1.57. The van der Waals surface area contributed by atoms with Crippen molar-refractivity contribution in [3.63, 3.8) is 0 Å². The first-order valence-electron chi connectivity index (χ1n) is 52.4. The number of hydrogen-bond acceptors (Lipinski definition) is 14. The number of piperazine rings is 2. The van der Waals surface area contributed by atoms with E-state index >= 15 is 0 Å². The number of ether oxygens (including phenoxy) is 1. The van der Waals surface area contributed by atoms with E-state index in [-0.39, 0.29) is 19.3 Å². The highest BCUT2D eigenvalue weighted by atomic mass is 19.4. The molecule has 0 bridgehead atoms. The molecule has 9 saturated heterocycles. The van der Waals surface area contributed by atoms with Gasteiger partial charge in [-0.3, -0.25) is 14.7 Å². The van der Waals surface area contributed by atoms with Gasteiger partial charge in [-0.1, -0.05) is 185 Å². The molecule has 11 fully saturated rings. The Morgan fingerprint density at radius 2 is 0.622 bits per heavy atom. The summed E-state index contributed by atoms with van der Waals surface area (Å²) in [5.41, 5.74) is -2.79. The van der Waals surface area contributed by atoms with E-state index in [2.05, 4.69) is 265 Å². The van der Waals surface area contributed by atoms with E-state index in [0.29, 0.717) is 42.8 Å². The summed E-state index contributed by atoms with van der Waals surface area (Å²) in [6.45, 7) is 111. The fourth-order valence-corrected chi connectivity index (χ4v) is 18.3. The van der Waals surface area contributed by atoms with Crippen LogP contribution in [0.2, 0.25) is 0 Å². The summed E-state index contributed by atoms with van der Waals surface area (Å²) in [5.74, 6) is 5.82. The molecule has 0 unspecified atom stereocenters. The summed E-state index contributed by atoms with van der Waals surface area (Å²) < 4.78 is 79.7. The van der Waals surface area contributed by atoms with Crippen molar-refractivity contribution in [1.29, 1.82) is 0 Å². The first kappa shape index (κ1) is 130. The van der Waals surface area contributed by atoms with E-state index in [1.807, 2.05) is 20.8 Å². The Morgan fingerprint density at radius 1 is 0.339 bits per heavy atom. The van der Waals surface area contributed by atoms with Crippen LogP contribution in [0.25, 0.3) is 0 Å². The molecule has 11 rings (SSSR count). The van der Waals surface area contributed by atoms with Crippen molar-refractivity contribution in [2.24, 2.45) is 63.1 Å². The van der Waals surface area contributed by atoms with Gasteiger partial charge in [0.25, 0.3) is 0 Å². The Balaban J connectivity index is -0.00000131. The summed E-state index contributed by atoms with van der Waals surface area (Å²) in [7, 11) is 6.40. The number of hydrogen-bond donors (Lipinski definition) is 1. The van der Waals surface area contributed by atoms with E-state index in [9.17, 15) is 26.3 Å². The zero-order valence-electron chi connectivity index (χ0n) is 90.9. The zero-order chi connectivity index (χ0) is 96.7. The second kappa shape index (κ2) is 69.8. The minimum Gasteiger partial charge on any atom is -0.379 e. The molecule has 2 saturated carbocycles. The fraction of sp³-hybridized carbons (Fsp3) is 1.00. The molecule has 11 aliphatic rings. The predicted molar refractivity (Wildman–Crippen MR) is 549 cm³/mol. The highest BCUT2D eigenvalue weighted by molar-refractivity contribution is 5.06. The van der Waals surface area contributed by atoms with E-state index in [1.54, 1.807) is 20.8 Å². The highest BCUT2D eigenvalue weighted by Crippen LogP contribution is 2.67. The van der Waals surface area contributed by atoms with Crippen LogP contribution >= 0.6 is 0 Å². The monoisotopic (exact) mass is 1820 g/mol. The number of likely N-dealkylation sites (N-methyl/N-ethyl adjacent to an activating group) is 1. The number of nitrogens with zero attached hydrogens (tertiary/aromatic N) is 12. The third-order valence-electron chi connectivity index (χ3n) is 25.6. The molecule has 0 radical (unpaired) electrons. The van der Waals surface area contributed by atoms with Crippen molar-refractivity contribution in [2.45, 2.75) is 399 Å². The van der Waals surface area contributed by atoms with Gasteiger partial charge in [-0.25, -0.2) is 0 Å². The first-order valence-corrected chi connectivity index (χ1v) is 52.4. The molecule has 2 aliphatic carbocycles. The number of nitrogens with one attached hydrogen (secondary N) is 1. The topological polar surface area (TPSA) is 60.1 Å². The van der Waals surface area contributed by atoms with Crippen LogP contribution in [0.1, 0.15) is 364 Å². The Labute approximate surface area is 790 Å². The lowest BCUT2D eigenvalue weighted by atomic mass is 9.77. The molecule has 14 nitrogen and oxygen atoms in total. The number of halogens is 6. The molecule has 0 aromatic carbocycles. The van der Waals surface area contributed by atoms with Gasteiger partial charge in [0.15, 0.2) is 0 Å². The van der Waals surface area contributed by atoms with Gasteiger partial charge in [0.2, 0.25) is 0 Å². The lowest BCUT2D eigenvalue weighted by molar-refractivity contribution is -0.215. The summed E-state index contributed by atoms with van der Waals surface area (Å²) in [6.07, 6.45) is 16.4. The zero-order valence-corrected chi connectivity index (χ0v) is 90.9. The van der Waals surface area contributed by atoms with Gasteiger partial charge < -0.3 is 54.2 Å². The van der Waals surface area contributed by atoms with Gasteiger partial charge in [-0.05, 0) is 350 Å². The minimum absolute atomic E-state index is 0. The molecule has 1 N–H and O–H groups in total. The van der Waals surface area contributed by atoms with Crippen LogP contribution in [0.15, 0.2) is 0 Å². The molecule has 9 heterocycles. The van der Waals surface area contributed by atoms with Crippen LogP contribution in [-0.4, -0.2) is 332 Å². The van der Waals surface area contributed by atoms with Crippen molar-refractivity contribution >= 4 is 0 Å². The molecule has 127 heavy (non-hydrogen) atoms. The SMILES string of the molecule is C.CC(C)(C)C1(C(F)(F)F)CC1.CC(C)(C)CC1(C(F)(F)F)CC1.CC(C)(C)N1CCCCC1.CC(C)(C)N1CCNCC1.CC(C)CN(C)C.CC(C)CN1CCCC1.CC(C)CN1CCCCC1.CC(C)CN1CCCCC1.CC(C)CN1CCCCC1.CC(C)CN1CCN(C)CC1.CC(C)N1CCCC1.CC(C)N1CCOCC1.CCN(CC)CC(C)C. The summed E-state index contributed by atoms with van der Waals surface area (Å²) in [5, 5.41) is 3.35. The number of piperidine rings is 4. The predicted octanol–water partition coefficient (Wildman–Crippen LogP) is 25.2.